The van der Waals surface area contributed by atoms with Gasteiger partial charge in [-0.3, -0.25) is 4.79 Å². The summed E-state index contributed by atoms with van der Waals surface area (Å²) in [5, 5.41) is 0.218. The van der Waals surface area contributed by atoms with Crippen molar-refractivity contribution in [2.24, 2.45) is 5.41 Å². The van der Waals surface area contributed by atoms with Crippen molar-refractivity contribution >= 4 is 49.8 Å². The maximum Gasteiger partial charge on any atom is 0.434 e. The minimum atomic E-state index is -4.72. The number of esters is 1. The van der Waals surface area contributed by atoms with E-state index in [1.807, 2.05) is 0 Å². The summed E-state index contributed by atoms with van der Waals surface area (Å²) in [6, 6.07) is 12.7. The van der Waals surface area contributed by atoms with Crippen molar-refractivity contribution in [3.63, 3.8) is 0 Å². The Morgan fingerprint density at radius 1 is 1.15 bits per heavy atom. The van der Waals surface area contributed by atoms with E-state index in [-0.39, 0.29) is 22.3 Å². The average Bonchev–Trinajstić information content (AvgIpc) is 3.39. The van der Waals surface area contributed by atoms with Gasteiger partial charge in [-0.1, -0.05) is 35.9 Å². The summed E-state index contributed by atoms with van der Waals surface area (Å²) in [6.45, 7) is 3.52. The van der Waals surface area contributed by atoms with Crippen LogP contribution in [0.25, 0.3) is 22.0 Å². The number of aromatic nitrogens is 2. The Kier molecular flexibility index (Phi) is 6.55. The number of hydrogen-bond acceptors (Lipinski definition) is 6. The van der Waals surface area contributed by atoms with Crippen molar-refractivity contribution in [3.05, 3.63) is 83.2 Å². The highest BCUT2D eigenvalue weighted by Crippen LogP contribution is 2.68. The number of sulfone groups is 1. The molecule has 6 nitrogen and oxygen atoms in total. The van der Waals surface area contributed by atoms with E-state index in [4.69, 9.17) is 16.3 Å². The second-order valence-corrected chi connectivity index (χ2v) is 13.2. The number of alkyl halides is 3. The molecule has 0 spiro atoms. The quantitative estimate of drug-likeness (QED) is 0.300. The number of halogens is 4. The van der Waals surface area contributed by atoms with E-state index in [0.29, 0.717) is 21.7 Å². The Hall–Kier alpha value is -3.02. The van der Waals surface area contributed by atoms with Crippen LogP contribution in [-0.4, -0.2) is 41.5 Å². The van der Waals surface area contributed by atoms with E-state index >= 15 is 0 Å². The van der Waals surface area contributed by atoms with Crippen LogP contribution in [0.3, 0.4) is 0 Å². The number of carbonyl (C=O) groups excluding carboxylic acids is 1. The van der Waals surface area contributed by atoms with Crippen LogP contribution < -0.4 is 0 Å². The van der Waals surface area contributed by atoms with Gasteiger partial charge in [0.15, 0.2) is 15.5 Å². The fourth-order valence-electron chi connectivity index (χ4n) is 4.82. The summed E-state index contributed by atoms with van der Waals surface area (Å²) >= 11 is 7.60. The first-order valence-corrected chi connectivity index (χ1v) is 14.8. The maximum absolute atomic E-state index is 13.8. The van der Waals surface area contributed by atoms with Crippen molar-refractivity contribution in [2.75, 3.05) is 12.9 Å². The Balaban J connectivity index is 1.67. The monoisotopic (exact) mass is 594 g/mol. The van der Waals surface area contributed by atoms with Gasteiger partial charge in [0.25, 0.3) is 0 Å². The molecule has 0 saturated heterocycles. The van der Waals surface area contributed by atoms with Crippen molar-refractivity contribution in [1.29, 1.82) is 0 Å². The molecule has 0 fully saturated rings. The third-order valence-corrected chi connectivity index (χ3v) is 9.81. The maximum atomic E-state index is 13.8. The summed E-state index contributed by atoms with van der Waals surface area (Å²) in [4.78, 5) is 17.9. The lowest BCUT2D eigenvalue weighted by molar-refractivity contribution is -0.151. The molecule has 2 atom stereocenters. The highest BCUT2D eigenvalue weighted by molar-refractivity contribution is 8.10. The third-order valence-electron chi connectivity index (χ3n) is 6.85. The zero-order chi connectivity index (χ0) is 28.4. The molecule has 39 heavy (non-hydrogen) atoms. The van der Waals surface area contributed by atoms with Crippen molar-refractivity contribution in [1.82, 2.24) is 9.55 Å². The molecule has 2 heterocycles. The molecule has 204 valence electrons. The molecule has 0 saturated carbocycles. The lowest BCUT2D eigenvalue weighted by Gasteiger charge is -2.48. The molecule has 1 aliphatic heterocycles. The van der Waals surface area contributed by atoms with E-state index in [1.165, 1.54) is 28.5 Å². The summed E-state index contributed by atoms with van der Waals surface area (Å²) in [5.74, 6) is -0.584. The van der Waals surface area contributed by atoms with Crippen LogP contribution in [0.15, 0.2) is 71.8 Å². The van der Waals surface area contributed by atoms with Gasteiger partial charge in [0, 0.05) is 28.6 Å². The van der Waals surface area contributed by atoms with Gasteiger partial charge in [-0.15, -0.1) is 11.8 Å². The van der Waals surface area contributed by atoms with Crippen molar-refractivity contribution in [2.45, 2.75) is 29.7 Å². The zero-order valence-electron chi connectivity index (χ0n) is 20.9. The number of imidazole rings is 1. The first kappa shape index (κ1) is 27.5. The lowest BCUT2D eigenvalue weighted by atomic mass is 9.64. The van der Waals surface area contributed by atoms with Crippen molar-refractivity contribution in [3.8, 4) is 11.4 Å². The molecule has 5 rings (SSSR count). The molecule has 1 aromatic heterocycles. The smallest absolute Gasteiger partial charge is 0.434 e. The molecular formula is C27H22ClF3N2O4S2. The average molecular weight is 595 g/mol. The predicted molar refractivity (Wildman–Crippen MR) is 145 cm³/mol. The van der Waals surface area contributed by atoms with E-state index in [1.54, 1.807) is 62.4 Å². The number of fused-ring (bicyclic) bond motifs is 1. The number of nitrogens with zero attached hydrogens (tertiary/aromatic N) is 2. The van der Waals surface area contributed by atoms with Crippen LogP contribution in [0, 0.1) is 5.41 Å². The van der Waals surface area contributed by atoms with E-state index in [9.17, 15) is 26.4 Å². The van der Waals surface area contributed by atoms with E-state index in [2.05, 4.69) is 4.98 Å². The molecule has 2 aliphatic rings. The van der Waals surface area contributed by atoms with Gasteiger partial charge in [-0.05, 0) is 55.8 Å². The Bertz CT molecular complexity index is 1680. The fourth-order valence-corrected chi connectivity index (χ4v) is 7.26. The molecule has 2 unspecified atom stereocenters. The van der Waals surface area contributed by atoms with Crippen LogP contribution in [0.4, 0.5) is 13.2 Å². The fraction of sp³-hybridized carbons (Fsp3) is 0.259. The minimum absolute atomic E-state index is 0.0222. The predicted octanol–water partition coefficient (Wildman–Crippen LogP) is 6.58. The normalized spacial score (nSPS) is 22.5. The highest BCUT2D eigenvalue weighted by Gasteiger charge is 2.66. The van der Waals surface area contributed by atoms with Gasteiger partial charge in [-0.25, -0.2) is 13.4 Å². The summed E-state index contributed by atoms with van der Waals surface area (Å²) in [7, 11) is -3.50. The minimum Gasteiger partial charge on any atom is -0.465 e. The Labute approximate surface area is 232 Å². The van der Waals surface area contributed by atoms with Gasteiger partial charge in [0.2, 0.25) is 0 Å². The van der Waals surface area contributed by atoms with Crippen LogP contribution >= 0.6 is 23.4 Å². The van der Waals surface area contributed by atoms with Gasteiger partial charge in [0.05, 0.1) is 21.3 Å². The first-order chi connectivity index (χ1) is 18.2. The van der Waals surface area contributed by atoms with Gasteiger partial charge >= 0.3 is 12.1 Å². The molecule has 1 aliphatic carbocycles. The molecule has 0 bridgehead atoms. The summed E-state index contributed by atoms with van der Waals surface area (Å²) < 4.78 is 71.3. The van der Waals surface area contributed by atoms with Gasteiger partial charge in [0.1, 0.15) is 11.2 Å². The Morgan fingerprint density at radius 2 is 1.87 bits per heavy atom. The molecule has 12 heteroatoms. The summed E-state index contributed by atoms with van der Waals surface area (Å²) in [6.07, 6.45) is 0.544. The summed E-state index contributed by atoms with van der Waals surface area (Å²) in [5.41, 5.74) is -1.16. The number of ether oxygens (including phenoxy) is 1. The van der Waals surface area contributed by atoms with Crippen LogP contribution in [0.2, 0.25) is 5.02 Å². The second kappa shape index (κ2) is 9.28. The molecule has 2 aromatic carbocycles. The Morgan fingerprint density at radius 3 is 2.51 bits per heavy atom. The standard InChI is InChI=1S/C27H22ClF3N2O4S2/c1-4-37-24(34)26-13-20(16-8-7-9-17(12-16)39(3,35)36)38-25(26,2)22(14-26)33-15-21(27(29,30)31)32-23(33)18-10-5-6-11-19(18)28/h5-15H,4H2,1-3H3. The number of thioether (sulfide) groups is 1. The molecule has 0 radical (unpaired) electrons. The first-order valence-electron chi connectivity index (χ1n) is 11.8. The van der Waals surface area contributed by atoms with E-state index < -0.39 is 37.8 Å². The van der Waals surface area contributed by atoms with Crippen molar-refractivity contribution < 1.29 is 31.1 Å². The third kappa shape index (κ3) is 4.40. The van der Waals surface area contributed by atoms with Crippen LogP contribution in [0.5, 0.6) is 0 Å². The number of rotatable bonds is 6. The van der Waals surface area contributed by atoms with Crippen LogP contribution in [0.1, 0.15) is 25.1 Å². The second-order valence-electron chi connectivity index (χ2n) is 9.36. The highest BCUT2D eigenvalue weighted by atomic mass is 35.5. The molecule has 0 amide bonds. The lowest BCUT2D eigenvalue weighted by Crippen LogP contribution is -2.54. The number of hydrogen-bond donors (Lipinski definition) is 0. The van der Waals surface area contributed by atoms with Crippen LogP contribution in [-0.2, 0) is 25.5 Å². The topological polar surface area (TPSA) is 78.3 Å². The molecular weight excluding hydrogens is 573 g/mol. The zero-order valence-corrected chi connectivity index (χ0v) is 23.3. The SMILES string of the molecule is CCOC(=O)C12C=C(c3cccc(S(C)(=O)=O)c3)SC1(C)C(n1cc(C(F)(F)F)nc1-c1ccccc1Cl)=C2. The largest absolute Gasteiger partial charge is 0.465 e. The van der Waals surface area contributed by atoms with E-state index in [0.717, 1.165) is 12.5 Å². The van der Waals surface area contributed by atoms with Gasteiger partial charge < -0.3 is 9.30 Å². The molecule has 3 aromatic rings. The molecule has 0 N–H and O–H groups in total. The van der Waals surface area contributed by atoms with Gasteiger partial charge in [-0.2, -0.15) is 13.2 Å². The number of benzene rings is 2. The number of carbonyl (C=O) groups is 1.